The Morgan fingerprint density at radius 2 is 1.87 bits per heavy atom. The van der Waals surface area contributed by atoms with Crippen LogP contribution in [0.5, 0.6) is 0 Å². The fourth-order valence-electron chi connectivity index (χ4n) is 3.44. The fourth-order valence-corrected chi connectivity index (χ4v) is 4.59. The first kappa shape index (κ1) is 20.4. The lowest BCUT2D eigenvalue weighted by Crippen LogP contribution is -2.41. The quantitative estimate of drug-likeness (QED) is 0.421. The third-order valence-corrected chi connectivity index (χ3v) is 6.45. The van der Waals surface area contributed by atoms with Crippen LogP contribution in [-0.4, -0.2) is 63.2 Å². The van der Waals surface area contributed by atoms with Crippen molar-refractivity contribution in [1.82, 2.24) is 24.5 Å². The molecule has 1 N–H and O–H groups in total. The van der Waals surface area contributed by atoms with Gasteiger partial charge in [-0.05, 0) is 36.4 Å². The molecular formula is C21H19BrN6O2S. The predicted octanol–water partition coefficient (Wildman–Crippen LogP) is 3.46. The topological polar surface area (TPSA) is 84.6 Å². The number of amides is 1. The minimum atomic E-state index is -0.135. The Morgan fingerprint density at radius 1 is 1.10 bits per heavy atom. The van der Waals surface area contributed by atoms with Crippen LogP contribution in [-0.2, 0) is 9.53 Å². The average molecular weight is 499 g/mol. The van der Waals surface area contributed by atoms with E-state index in [1.807, 2.05) is 52.9 Å². The van der Waals surface area contributed by atoms with E-state index in [1.54, 1.807) is 0 Å². The van der Waals surface area contributed by atoms with E-state index in [9.17, 15) is 4.79 Å². The standard InChI is InChI=1S/C21H19BrN6O2S/c22-14-5-7-15(8-6-14)31-21-23-17-4-2-1-3-16(17)19-25-26-20(28(19)21)24-18(29)13-27-9-11-30-12-10-27/h1-8H,9-13H2,(H,24,26,29). The molecule has 1 saturated heterocycles. The van der Waals surface area contributed by atoms with Crippen molar-refractivity contribution >= 4 is 56.1 Å². The largest absolute Gasteiger partial charge is 0.379 e. The van der Waals surface area contributed by atoms with E-state index in [0.29, 0.717) is 30.0 Å². The summed E-state index contributed by atoms with van der Waals surface area (Å²) in [6, 6.07) is 15.8. The van der Waals surface area contributed by atoms with Crippen LogP contribution < -0.4 is 5.32 Å². The Morgan fingerprint density at radius 3 is 2.68 bits per heavy atom. The van der Waals surface area contributed by atoms with Crippen molar-refractivity contribution < 1.29 is 9.53 Å². The van der Waals surface area contributed by atoms with Gasteiger partial charge in [0.1, 0.15) is 0 Å². The summed E-state index contributed by atoms with van der Waals surface area (Å²) in [5.41, 5.74) is 1.49. The van der Waals surface area contributed by atoms with Crippen molar-refractivity contribution in [3.05, 3.63) is 53.0 Å². The number of carbonyl (C=O) groups is 1. The summed E-state index contributed by atoms with van der Waals surface area (Å²) in [7, 11) is 0. The number of hydrogen-bond donors (Lipinski definition) is 1. The number of aromatic nitrogens is 4. The molecule has 2 aromatic carbocycles. The van der Waals surface area contributed by atoms with Gasteiger partial charge in [-0.25, -0.2) is 9.38 Å². The number of rotatable bonds is 5. The van der Waals surface area contributed by atoms with E-state index in [0.717, 1.165) is 33.4 Å². The van der Waals surface area contributed by atoms with Gasteiger partial charge < -0.3 is 4.74 Å². The van der Waals surface area contributed by atoms with Gasteiger partial charge in [-0.1, -0.05) is 39.8 Å². The first-order valence-electron chi connectivity index (χ1n) is 9.84. The third kappa shape index (κ3) is 4.42. The molecule has 1 amide bonds. The third-order valence-electron chi connectivity index (χ3n) is 4.96. The lowest BCUT2D eigenvalue weighted by molar-refractivity contribution is -0.118. The van der Waals surface area contributed by atoms with Crippen LogP contribution >= 0.6 is 27.7 Å². The summed E-state index contributed by atoms with van der Waals surface area (Å²) in [5, 5.41) is 13.1. The van der Waals surface area contributed by atoms with Crippen molar-refractivity contribution in [2.24, 2.45) is 0 Å². The molecule has 4 aromatic rings. The number of nitrogens with zero attached hydrogens (tertiary/aromatic N) is 5. The average Bonchev–Trinajstić information content (AvgIpc) is 3.20. The zero-order valence-corrected chi connectivity index (χ0v) is 18.9. The molecule has 31 heavy (non-hydrogen) atoms. The Hall–Kier alpha value is -2.53. The molecule has 158 valence electrons. The summed E-state index contributed by atoms with van der Waals surface area (Å²) in [4.78, 5) is 20.6. The van der Waals surface area contributed by atoms with Gasteiger partial charge in [0.2, 0.25) is 11.9 Å². The number of para-hydroxylation sites is 1. The number of halogens is 1. The van der Waals surface area contributed by atoms with Crippen LogP contribution in [0.15, 0.2) is 63.1 Å². The van der Waals surface area contributed by atoms with Gasteiger partial charge in [-0.3, -0.25) is 15.0 Å². The second-order valence-corrected chi connectivity index (χ2v) is 9.04. The molecule has 0 radical (unpaired) electrons. The van der Waals surface area contributed by atoms with Gasteiger partial charge >= 0.3 is 0 Å². The number of benzene rings is 2. The first-order valence-corrected chi connectivity index (χ1v) is 11.5. The van der Waals surface area contributed by atoms with Crippen LogP contribution in [0.25, 0.3) is 16.6 Å². The highest BCUT2D eigenvalue weighted by molar-refractivity contribution is 9.10. The number of ether oxygens (including phenoxy) is 1. The molecule has 3 heterocycles. The number of carbonyl (C=O) groups excluding carboxylic acids is 1. The van der Waals surface area contributed by atoms with E-state index < -0.39 is 0 Å². The van der Waals surface area contributed by atoms with E-state index in [4.69, 9.17) is 9.72 Å². The van der Waals surface area contributed by atoms with Gasteiger partial charge in [-0.2, -0.15) is 0 Å². The molecule has 0 bridgehead atoms. The van der Waals surface area contributed by atoms with E-state index in [2.05, 4.69) is 36.3 Å². The van der Waals surface area contributed by atoms with Gasteiger partial charge in [0, 0.05) is 27.8 Å². The summed E-state index contributed by atoms with van der Waals surface area (Å²) in [6.45, 7) is 3.06. The Bertz CT molecular complexity index is 1240. The van der Waals surface area contributed by atoms with E-state index >= 15 is 0 Å². The molecule has 10 heteroatoms. The monoisotopic (exact) mass is 498 g/mol. The molecule has 0 atom stereocenters. The SMILES string of the molecule is O=C(CN1CCOCC1)Nc1nnc2c3ccccc3nc(Sc3ccc(Br)cc3)n12. The number of morpholine rings is 1. The van der Waals surface area contributed by atoms with Gasteiger partial charge in [0.05, 0.1) is 25.3 Å². The highest BCUT2D eigenvalue weighted by Gasteiger charge is 2.19. The number of anilines is 1. The number of nitrogens with one attached hydrogen (secondary N) is 1. The first-order chi connectivity index (χ1) is 15.2. The summed E-state index contributed by atoms with van der Waals surface area (Å²) < 4.78 is 8.17. The lowest BCUT2D eigenvalue weighted by Gasteiger charge is -2.25. The molecule has 5 rings (SSSR count). The summed E-state index contributed by atoms with van der Waals surface area (Å²) in [5.74, 6) is 0.232. The second kappa shape index (κ2) is 8.91. The molecule has 1 fully saturated rings. The van der Waals surface area contributed by atoms with Crippen LogP contribution in [0.1, 0.15) is 0 Å². The molecule has 8 nitrogen and oxygen atoms in total. The maximum Gasteiger partial charge on any atom is 0.240 e. The van der Waals surface area contributed by atoms with Crippen LogP contribution in [0.2, 0.25) is 0 Å². The van der Waals surface area contributed by atoms with Crippen molar-refractivity contribution in [3.63, 3.8) is 0 Å². The molecule has 2 aromatic heterocycles. The van der Waals surface area contributed by atoms with Crippen LogP contribution in [0.3, 0.4) is 0 Å². The predicted molar refractivity (Wildman–Crippen MR) is 122 cm³/mol. The maximum atomic E-state index is 12.7. The molecule has 0 aliphatic carbocycles. The minimum Gasteiger partial charge on any atom is -0.379 e. The normalized spacial score (nSPS) is 14.9. The fraction of sp³-hybridized carbons (Fsp3) is 0.238. The van der Waals surface area contributed by atoms with Crippen molar-refractivity contribution in [3.8, 4) is 0 Å². The maximum absolute atomic E-state index is 12.7. The van der Waals surface area contributed by atoms with Crippen LogP contribution in [0.4, 0.5) is 5.95 Å². The van der Waals surface area contributed by atoms with E-state index in [-0.39, 0.29) is 12.5 Å². The molecule has 1 aliphatic rings. The molecule has 0 unspecified atom stereocenters. The molecule has 0 spiro atoms. The van der Waals surface area contributed by atoms with Gasteiger partial charge in [0.15, 0.2) is 10.8 Å². The molecule has 1 aliphatic heterocycles. The van der Waals surface area contributed by atoms with Crippen LogP contribution in [0, 0.1) is 0 Å². The Kier molecular flexibility index (Phi) is 5.86. The van der Waals surface area contributed by atoms with E-state index in [1.165, 1.54) is 11.8 Å². The zero-order chi connectivity index (χ0) is 21.2. The van der Waals surface area contributed by atoms with Gasteiger partial charge in [0.25, 0.3) is 0 Å². The van der Waals surface area contributed by atoms with Gasteiger partial charge in [-0.15, -0.1) is 10.2 Å². The highest BCUT2D eigenvalue weighted by Crippen LogP contribution is 2.32. The second-order valence-electron chi connectivity index (χ2n) is 7.09. The van der Waals surface area contributed by atoms with Crippen molar-refractivity contribution in [2.45, 2.75) is 10.1 Å². The lowest BCUT2D eigenvalue weighted by atomic mass is 10.2. The summed E-state index contributed by atoms with van der Waals surface area (Å²) >= 11 is 4.96. The smallest absolute Gasteiger partial charge is 0.240 e. The summed E-state index contributed by atoms with van der Waals surface area (Å²) in [6.07, 6.45) is 0. The Balaban J connectivity index is 1.51. The molecular weight excluding hydrogens is 480 g/mol. The minimum absolute atomic E-state index is 0.135. The van der Waals surface area contributed by atoms with Crippen molar-refractivity contribution in [2.75, 3.05) is 38.2 Å². The number of fused-ring (bicyclic) bond motifs is 3. The van der Waals surface area contributed by atoms with Crippen molar-refractivity contribution in [1.29, 1.82) is 0 Å². The Labute approximate surface area is 191 Å². The number of hydrogen-bond acceptors (Lipinski definition) is 7. The molecule has 0 saturated carbocycles. The highest BCUT2D eigenvalue weighted by atomic mass is 79.9. The zero-order valence-electron chi connectivity index (χ0n) is 16.5.